The number of β-lactam (4-membered cyclic amide) rings is 1. The highest BCUT2D eigenvalue weighted by atomic mass is 32.2. The van der Waals surface area contributed by atoms with Gasteiger partial charge in [0.2, 0.25) is 6.41 Å². The van der Waals surface area contributed by atoms with Gasteiger partial charge in [0.15, 0.2) is 10.1 Å². The number of rotatable bonds is 14. The number of hydrogen-bond acceptors (Lipinski definition) is 14. The first-order valence-electron chi connectivity index (χ1n) is 13.5. The quantitative estimate of drug-likeness (QED) is 0.0425. The van der Waals surface area contributed by atoms with Crippen LogP contribution in [0.1, 0.15) is 31.5 Å². The number of aromatic nitrogens is 3. The number of pyridine rings is 1. The van der Waals surface area contributed by atoms with Crippen LogP contribution in [0.2, 0.25) is 0 Å². The average Bonchev–Trinajstić information content (AvgIpc) is 3.46. The number of ether oxygens (including phenoxy) is 1. The molecule has 46 heavy (non-hydrogen) atoms. The van der Waals surface area contributed by atoms with Gasteiger partial charge in [0.25, 0.3) is 11.8 Å². The average molecular weight is 691 g/mol. The molecule has 2 aromatic rings. The number of anilines is 1. The van der Waals surface area contributed by atoms with Gasteiger partial charge >= 0.3 is 12.1 Å². The van der Waals surface area contributed by atoms with E-state index < -0.39 is 40.9 Å². The number of aliphatic carboxylic acids is 1. The highest BCUT2D eigenvalue weighted by molar-refractivity contribution is 8.01. The van der Waals surface area contributed by atoms with E-state index >= 15 is 0 Å². The molecule has 1 saturated heterocycles. The van der Waals surface area contributed by atoms with Gasteiger partial charge in [-0.15, -0.1) is 22.0 Å². The predicted octanol–water partition coefficient (Wildman–Crippen LogP) is 1.96. The lowest BCUT2D eigenvalue weighted by Gasteiger charge is -2.49. The molecule has 0 radical (unpaired) electrons. The third-order valence-corrected chi connectivity index (χ3v) is 9.38. The highest BCUT2D eigenvalue weighted by Gasteiger charge is 2.54. The Balaban J connectivity index is 1.41. The summed E-state index contributed by atoms with van der Waals surface area (Å²) >= 11 is 3.80. The van der Waals surface area contributed by atoms with Crippen molar-refractivity contribution in [1.82, 2.24) is 30.7 Å². The number of hydrogen-bond donors (Lipinski definition) is 4. The third kappa shape index (κ3) is 8.61. The molecule has 0 aromatic carbocycles. The molecule has 1 fully saturated rings. The molecule has 0 aliphatic carbocycles. The molecule has 1 unspecified atom stereocenters. The van der Waals surface area contributed by atoms with Crippen molar-refractivity contribution in [2.45, 2.75) is 48.7 Å². The Morgan fingerprint density at radius 1 is 1.28 bits per heavy atom. The van der Waals surface area contributed by atoms with Gasteiger partial charge in [-0.3, -0.25) is 19.3 Å². The Morgan fingerprint density at radius 3 is 2.76 bits per heavy atom. The minimum atomic E-state index is -1.28. The van der Waals surface area contributed by atoms with Crippen LogP contribution in [0.4, 0.5) is 10.6 Å². The Morgan fingerprint density at radius 2 is 2.07 bits per heavy atom. The Hall–Kier alpha value is -4.49. The van der Waals surface area contributed by atoms with E-state index in [1.807, 2.05) is 0 Å². The number of carbonyl (C=O) groups excluding carboxylic acids is 4. The lowest BCUT2D eigenvalue weighted by molar-refractivity contribution is -0.150. The molecule has 0 saturated carbocycles. The van der Waals surface area contributed by atoms with Crippen LogP contribution in [0.3, 0.4) is 0 Å². The molecule has 2 aliphatic heterocycles. The zero-order valence-electron chi connectivity index (χ0n) is 24.8. The standard InChI is InChI=1S/C27H30N8O8S3/c1-5-9-42-34-18(15-7-6-8-16(30-15)29-13-36)21(37)31-19-22(38)35-20(24(39)40)14(11-44-23(19)35)12-45-26-33-32-17(46-26)10-28-25(41)43-27(2,3)4/h5-8,13,19,23H,1,9-12H2,2-4H3,(H,28,41)(H,31,37)(H,39,40)(H,29,30,36)/b34-18-/t19?,23-/m1/s1. The maximum absolute atomic E-state index is 13.3. The fourth-order valence-corrected chi connectivity index (χ4v) is 7.37. The molecule has 0 bridgehead atoms. The van der Waals surface area contributed by atoms with Crippen LogP contribution in [-0.2, 0) is 35.3 Å². The van der Waals surface area contributed by atoms with Crippen molar-refractivity contribution >= 4 is 76.7 Å². The predicted molar refractivity (Wildman–Crippen MR) is 170 cm³/mol. The summed E-state index contributed by atoms with van der Waals surface area (Å²) in [6.45, 7) is 8.90. The van der Waals surface area contributed by atoms with E-state index in [2.05, 4.69) is 42.9 Å². The summed E-state index contributed by atoms with van der Waals surface area (Å²) in [5, 5.41) is 29.5. The molecule has 2 aliphatic rings. The summed E-state index contributed by atoms with van der Waals surface area (Å²) < 4.78 is 5.76. The van der Waals surface area contributed by atoms with E-state index in [0.717, 1.165) is 4.90 Å². The van der Waals surface area contributed by atoms with Crippen molar-refractivity contribution in [3.63, 3.8) is 0 Å². The van der Waals surface area contributed by atoms with Gasteiger partial charge in [0, 0.05) is 11.5 Å². The van der Waals surface area contributed by atoms with E-state index in [0.29, 0.717) is 21.3 Å². The number of carbonyl (C=O) groups is 5. The smallest absolute Gasteiger partial charge is 0.408 e. The van der Waals surface area contributed by atoms with E-state index in [9.17, 15) is 29.1 Å². The lowest BCUT2D eigenvalue weighted by Crippen LogP contribution is -2.71. The number of alkyl carbamates (subject to hydrolysis) is 1. The maximum atomic E-state index is 13.3. The first kappa shape index (κ1) is 34.4. The van der Waals surface area contributed by atoms with Crippen LogP contribution in [0.25, 0.3) is 0 Å². The summed E-state index contributed by atoms with van der Waals surface area (Å²) in [4.78, 5) is 72.0. The number of oxime groups is 1. The summed E-state index contributed by atoms with van der Waals surface area (Å²) in [6, 6.07) is 3.49. The van der Waals surface area contributed by atoms with Gasteiger partial charge in [-0.2, -0.15) is 0 Å². The SMILES string of the molecule is C=CCO/N=C(\C(=O)NC1C(=O)N2C(C(=O)O)=C(CSc3nnc(CNC(=O)OC(C)(C)C)s3)CS[C@H]12)c1cccc(NC=O)n1. The number of nitrogens with zero attached hydrogens (tertiary/aromatic N) is 5. The normalized spacial score (nSPS) is 17.8. The monoisotopic (exact) mass is 690 g/mol. The molecular formula is C27H30N8O8S3. The van der Waals surface area contributed by atoms with Crippen molar-refractivity contribution in [3.05, 3.63) is 52.8 Å². The van der Waals surface area contributed by atoms with Crippen LogP contribution >= 0.6 is 34.9 Å². The fourth-order valence-electron chi connectivity index (χ4n) is 4.05. The number of amides is 4. The largest absolute Gasteiger partial charge is 0.477 e. The van der Waals surface area contributed by atoms with Crippen LogP contribution in [0.15, 0.2) is 51.6 Å². The van der Waals surface area contributed by atoms with Crippen LogP contribution in [0, 0.1) is 0 Å². The van der Waals surface area contributed by atoms with E-state index in [-0.39, 0.29) is 47.6 Å². The molecular weight excluding hydrogens is 661 g/mol. The molecule has 4 heterocycles. The summed E-state index contributed by atoms with van der Waals surface area (Å²) in [6.07, 6.45) is 1.27. The Labute approximate surface area is 275 Å². The lowest BCUT2D eigenvalue weighted by atomic mass is 10.0. The first-order chi connectivity index (χ1) is 21.9. The molecule has 4 rings (SSSR count). The van der Waals surface area contributed by atoms with Gasteiger partial charge in [0.05, 0.1) is 6.54 Å². The van der Waals surface area contributed by atoms with Crippen molar-refractivity contribution < 1.29 is 38.7 Å². The van der Waals surface area contributed by atoms with Crippen molar-refractivity contribution in [3.8, 4) is 0 Å². The van der Waals surface area contributed by atoms with Gasteiger partial charge in [-0.1, -0.05) is 47.0 Å². The molecule has 16 nitrogen and oxygen atoms in total. The number of thioether (sulfide) groups is 2. The molecule has 19 heteroatoms. The molecule has 2 atom stereocenters. The van der Waals surface area contributed by atoms with E-state index in [1.54, 1.807) is 26.8 Å². The van der Waals surface area contributed by atoms with E-state index in [1.165, 1.54) is 53.1 Å². The first-order valence-corrected chi connectivity index (χ1v) is 16.4. The molecule has 4 amide bonds. The van der Waals surface area contributed by atoms with Gasteiger partial charge < -0.3 is 30.6 Å². The number of nitrogens with one attached hydrogen (secondary N) is 3. The highest BCUT2D eigenvalue weighted by Crippen LogP contribution is 2.41. The van der Waals surface area contributed by atoms with E-state index in [4.69, 9.17) is 9.57 Å². The number of fused-ring (bicyclic) bond motifs is 1. The third-order valence-electron chi connectivity index (χ3n) is 5.90. The zero-order valence-corrected chi connectivity index (χ0v) is 27.3. The van der Waals surface area contributed by atoms with Gasteiger partial charge in [0.1, 0.15) is 45.8 Å². The van der Waals surface area contributed by atoms with Gasteiger partial charge in [-0.25, -0.2) is 14.6 Å². The molecule has 244 valence electrons. The summed E-state index contributed by atoms with van der Waals surface area (Å²) in [5.74, 6) is -1.99. The number of carboxylic acids is 1. The minimum Gasteiger partial charge on any atom is -0.477 e. The molecule has 4 N–H and O–H groups in total. The Bertz CT molecular complexity index is 1590. The maximum Gasteiger partial charge on any atom is 0.408 e. The fraction of sp³-hybridized carbons (Fsp3) is 0.370. The minimum absolute atomic E-state index is 0.00738. The second-order valence-corrected chi connectivity index (χ2v) is 13.8. The van der Waals surface area contributed by atoms with Crippen LogP contribution in [0.5, 0.6) is 0 Å². The Kier molecular flexibility index (Phi) is 11.4. The van der Waals surface area contributed by atoms with Crippen molar-refractivity contribution in [1.29, 1.82) is 0 Å². The van der Waals surface area contributed by atoms with Gasteiger partial charge in [-0.05, 0) is 38.5 Å². The molecule has 0 spiro atoms. The molecule has 2 aromatic heterocycles. The summed E-state index contributed by atoms with van der Waals surface area (Å²) in [7, 11) is 0. The van der Waals surface area contributed by atoms with Crippen LogP contribution in [-0.4, -0.2) is 96.3 Å². The van der Waals surface area contributed by atoms with Crippen molar-refractivity contribution in [2.75, 3.05) is 23.4 Å². The summed E-state index contributed by atoms with van der Waals surface area (Å²) in [5.41, 5.74) is -0.476. The zero-order chi connectivity index (χ0) is 33.4. The second kappa shape index (κ2) is 15.2. The van der Waals surface area contributed by atoms with Crippen LogP contribution < -0.4 is 16.0 Å². The number of carboxylic acid groups (broad SMARTS) is 1. The second-order valence-electron chi connectivity index (χ2n) is 10.4. The van der Waals surface area contributed by atoms with Crippen molar-refractivity contribution in [2.24, 2.45) is 5.16 Å². The topological polar surface area (TPSA) is 214 Å².